The minimum absolute atomic E-state index is 0.0523. The molecular weight excluding hydrogens is 326 g/mol. The van der Waals surface area contributed by atoms with Crippen LogP contribution in [0.2, 0.25) is 0 Å². The lowest BCUT2D eigenvalue weighted by molar-refractivity contribution is 0.243. The summed E-state index contributed by atoms with van der Waals surface area (Å²) in [6.07, 6.45) is 3.80. The highest BCUT2D eigenvalue weighted by Gasteiger charge is 2.24. The second-order valence-electron chi connectivity index (χ2n) is 6.74. The van der Waals surface area contributed by atoms with Crippen LogP contribution in [0.1, 0.15) is 12.8 Å². The molecule has 26 heavy (non-hydrogen) atoms. The number of benzene rings is 2. The van der Waals surface area contributed by atoms with E-state index in [-0.39, 0.29) is 17.5 Å². The summed E-state index contributed by atoms with van der Waals surface area (Å²) in [6.45, 7) is 0. The predicted octanol–water partition coefficient (Wildman–Crippen LogP) is 3.87. The number of carbonyl (C=O) groups excluding carboxylic acids is 1. The van der Waals surface area contributed by atoms with Gasteiger partial charge in [0.2, 0.25) is 0 Å². The van der Waals surface area contributed by atoms with Crippen molar-refractivity contribution in [1.29, 1.82) is 0 Å². The molecule has 0 saturated heterocycles. The topological polar surface area (TPSA) is 66.9 Å². The lowest BCUT2D eigenvalue weighted by atomic mass is 10.1. The van der Waals surface area contributed by atoms with E-state index < -0.39 is 0 Å². The number of aromatic amines is 1. The summed E-state index contributed by atoms with van der Waals surface area (Å²) in [6, 6.07) is 17.1. The zero-order chi connectivity index (χ0) is 17.7. The van der Waals surface area contributed by atoms with Crippen LogP contribution in [0.25, 0.3) is 33.1 Å². The first-order valence-corrected chi connectivity index (χ1v) is 8.74. The standard InChI is InChI=1S/C21H17N3O2/c25-19-12-17(13-4-2-1-3-5-13)23-16-8-9-18-15(20(16)19)10-11-24(18)21(26)22-14-6-7-14/h1-5,8-12,14H,6-7H2,(H,22,26)(H,23,25). The molecule has 0 atom stereocenters. The molecule has 5 heteroatoms. The van der Waals surface area contributed by atoms with Crippen LogP contribution in [-0.4, -0.2) is 21.6 Å². The molecule has 1 amide bonds. The summed E-state index contributed by atoms with van der Waals surface area (Å²) >= 11 is 0. The molecule has 2 N–H and O–H groups in total. The largest absolute Gasteiger partial charge is 0.354 e. The van der Waals surface area contributed by atoms with Crippen molar-refractivity contribution in [2.75, 3.05) is 0 Å². The molecular formula is C21H17N3O2. The van der Waals surface area contributed by atoms with Crippen molar-refractivity contribution in [3.05, 3.63) is 71.0 Å². The number of fused-ring (bicyclic) bond motifs is 3. The Hall–Kier alpha value is -3.34. The molecule has 0 bridgehead atoms. The molecule has 0 unspecified atom stereocenters. The van der Waals surface area contributed by atoms with E-state index in [1.54, 1.807) is 16.8 Å². The molecule has 1 fully saturated rings. The highest BCUT2D eigenvalue weighted by atomic mass is 16.2. The van der Waals surface area contributed by atoms with Gasteiger partial charge in [0.1, 0.15) is 0 Å². The molecule has 1 aliphatic rings. The molecule has 0 radical (unpaired) electrons. The fraction of sp³-hybridized carbons (Fsp3) is 0.143. The van der Waals surface area contributed by atoms with E-state index in [9.17, 15) is 9.59 Å². The van der Waals surface area contributed by atoms with Gasteiger partial charge in [-0.05, 0) is 36.6 Å². The molecule has 1 aliphatic carbocycles. The van der Waals surface area contributed by atoms with Crippen LogP contribution in [0.5, 0.6) is 0 Å². The number of amides is 1. The summed E-state index contributed by atoms with van der Waals surface area (Å²) < 4.78 is 1.58. The van der Waals surface area contributed by atoms with Gasteiger partial charge in [0.25, 0.3) is 0 Å². The van der Waals surface area contributed by atoms with Crippen LogP contribution in [0, 0.1) is 0 Å². The van der Waals surface area contributed by atoms with E-state index in [2.05, 4.69) is 10.3 Å². The lowest BCUT2D eigenvalue weighted by Gasteiger charge is -2.08. The van der Waals surface area contributed by atoms with E-state index in [4.69, 9.17) is 0 Å². The van der Waals surface area contributed by atoms with E-state index in [1.165, 1.54) is 0 Å². The van der Waals surface area contributed by atoms with E-state index in [0.717, 1.165) is 40.5 Å². The maximum Gasteiger partial charge on any atom is 0.326 e. The van der Waals surface area contributed by atoms with Crippen LogP contribution >= 0.6 is 0 Å². The van der Waals surface area contributed by atoms with Crippen molar-refractivity contribution in [1.82, 2.24) is 14.9 Å². The third kappa shape index (κ3) is 2.40. The summed E-state index contributed by atoms with van der Waals surface area (Å²) in [7, 11) is 0. The third-order valence-corrected chi connectivity index (χ3v) is 4.87. The average Bonchev–Trinajstić information content (AvgIpc) is 3.36. The maximum atomic E-state index is 12.8. The molecule has 2 aromatic heterocycles. The normalized spacial score (nSPS) is 14.0. The molecule has 128 valence electrons. The number of nitrogens with zero attached hydrogens (tertiary/aromatic N) is 1. The SMILES string of the molecule is O=C(NC1CC1)n1ccc2c3c(=O)cc(-c4ccccc4)[nH]c3ccc21. The monoisotopic (exact) mass is 343 g/mol. The molecule has 1 saturated carbocycles. The summed E-state index contributed by atoms with van der Waals surface area (Å²) in [5, 5.41) is 4.38. The Kier molecular flexibility index (Phi) is 3.22. The van der Waals surface area contributed by atoms with Crippen molar-refractivity contribution in [2.24, 2.45) is 0 Å². The van der Waals surface area contributed by atoms with Gasteiger partial charge in [-0.3, -0.25) is 9.36 Å². The average molecular weight is 343 g/mol. The van der Waals surface area contributed by atoms with Crippen molar-refractivity contribution < 1.29 is 4.79 Å². The quantitative estimate of drug-likeness (QED) is 0.580. The maximum absolute atomic E-state index is 12.8. The summed E-state index contributed by atoms with van der Waals surface area (Å²) in [4.78, 5) is 28.6. The lowest BCUT2D eigenvalue weighted by Crippen LogP contribution is -2.29. The number of H-pyrrole nitrogens is 1. The van der Waals surface area contributed by atoms with Crippen molar-refractivity contribution in [3.63, 3.8) is 0 Å². The molecule has 5 rings (SSSR count). The summed E-state index contributed by atoms with van der Waals surface area (Å²) in [5.41, 5.74) is 3.21. The Morgan fingerprint density at radius 3 is 2.65 bits per heavy atom. The van der Waals surface area contributed by atoms with E-state index in [1.807, 2.05) is 48.5 Å². The van der Waals surface area contributed by atoms with Gasteiger partial charge < -0.3 is 10.3 Å². The van der Waals surface area contributed by atoms with Crippen molar-refractivity contribution in [3.8, 4) is 11.3 Å². The number of hydrogen-bond acceptors (Lipinski definition) is 2. The fourth-order valence-electron chi connectivity index (χ4n) is 3.39. The van der Waals surface area contributed by atoms with E-state index in [0.29, 0.717) is 5.39 Å². The molecule has 2 aromatic carbocycles. The first-order chi connectivity index (χ1) is 12.7. The third-order valence-electron chi connectivity index (χ3n) is 4.87. The van der Waals surface area contributed by atoms with Gasteiger partial charge in [0.15, 0.2) is 5.43 Å². The van der Waals surface area contributed by atoms with Crippen molar-refractivity contribution in [2.45, 2.75) is 18.9 Å². The van der Waals surface area contributed by atoms with Gasteiger partial charge in [0, 0.05) is 29.4 Å². The minimum atomic E-state index is -0.140. The Bertz CT molecular complexity index is 1200. The van der Waals surface area contributed by atoms with Gasteiger partial charge >= 0.3 is 6.03 Å². The predicted molar refractivity (Wildman–Crippen MR) is 102 cm³/mol. The zero-order valence-corrected chi connectivity index (χ0v) is 14.0. The van der Waals surface area contributed by atoms with Crippen molar-refractivity contribution >= 4 is 27.8 Å². The molecule has 4 aromatic rings. The van der Waals surface area contributed by atoms with Crippen LogP contribution in [-0.2, 0) is 0 Å². The van der Waals surface area contributed by atoms with Crippen LogP contribution < -0.4 is 10.7 Å². The van der Waals surface area contributed by atoms with E-state index >= 15 is 0 Å². The van der Waals surface area contributed by atoms with Gasteiger partial charge in [-0.15, -0.1) is 0 Å². The first kappa shape index (κ1) is 15.0. The molecule has 0 spiro atoms. The Labute approximate surface area is 149 Å². The van der Waals surface area contributed by atoms with Crippen LogP contribution in [0.3, 0.4) is 0 Å². The van der Waals surface area contributed by atoms with Crippen LogP contribution in [0.4, 0.5) is 4.79 Å². The first-order valence-electron chi connectivity index (χ1n) is 8.74. The van der Waals surface area contributed by atoms with Gasteiger partial charge in [-0.2, -0.15) is 0 Å². The highest BCUT2D eigenvalue weighted by Crippen LogP contribution is 2.26. The Balaban J connectivity index is 1.67. The Morgan fingerprint density at radius 1 is 1.08 bits per heavy atom. The molecule has 2 heterocycles. The second kappa shape index (κ2) is 5.59. The fourth-order valence-corrected chi connectivity index (χ4v) is 3.39. The smallest absolute Gasteiger partial charge is 0.326 e. The molecule has 5 nitrogen and oxygen atoms in total. The number of aromatic nitrogens is 2. The van der Waals surface area contributed by atoms with Gasteiger partial charge in [0.05, 0.1) is 16.4 Å². The number of pyridine rings is 1. The minimum Gasteiger partial charge on any atom is -0.354 e. The number of rotatable bonds is 2. The highest BCUT2D eigenvalue weighted by molar-refractivity contribution is 6.08. The number of hydrogen-bond donors (Lipinski definition) is 2. The molecule has 0 aliphatic heterocycles. The number of carbonyl (C=O) groups is 1. The zero-order valence-electron chi connectivity index (χ0n) is 14.0. The Morgan fingerprint density at radius 2 is 1.88 bits per heavy atom. The van der Waals surface area contributed by atoms with Gasteiger partial charge in [-0.25, -0.2) is 4.79 Å². The summed E-state index contributed by atoms with van der Waals surface area (Å²) in [5.74, 6) is 0. The van der Waals surface area contributed by atoms with Crippen LogP contribution in [0.15, 0.2) is 65.6 Å². The van der Waals surface area contributed by atoms with Gasteiger partial charge in [-0.1, -0.05) is 30.3 Å². The number of nitrogens with one attached hydrogen (secondary N) is 2. The second-order valence-corrected chi connectivity index (χ2v) is 6.74.